The van der Waals surface area contributed by atoms with Crippen LogP contribution in [0.4, 0.5) is 0 Å². The van der Waals surface area contributed by atoms with Crippen molar-refractivity contribution in [1.29, 1.82) is 0 Å². The Hall–Kier alpha value is -3.70. The van der Waals surface area contributed by atoms with Crippen molar-refractivity contribution in [2.75, 3.05) is 6.26 Å². The second-order valence-corrected chi connectivity index (χ2v) is 11.8. The van der Waals surface area contributed by atoms with Gasteiger partial charge in [0, 0.05) is 36.5 Å². The maximum absolute atomic E-state index is 13.4. The first-order valence-electron chi connectivity index (χ1n) is 11.7. The zero-order valence-corrected chi connectivity index (χ0v) is 21.6. The van der Waals surface area contributed by atoms with Crippen LogP contribution in [0.1, 0.15) is 18.4 Å². The van der Waals surface area contributed by atoms with Gasteiger partial charge in [-0.1, -0.05) is 11.6 Å². The number of nitrogens with zero attached hydrogens (tertiary/aromatic N) is 5. The molecule has 0 spiro atoms. The van der Waals surface area contributed by atoms with Crippen molar-refractivity contribution in [3.63, 3.8) is 0 Å². The summed E-state index contributed by atoms with van der Waals surface area (Å²) < 4.78 is 34.2. The normalized spacial score (nSPS) is 14.1. The van der Waals surface area contributed by atoms with Gasteiger partial charge in [-0.15, -0.1) is 0 Å². The van der Waals surface area contributed by atoms with Gasteiger partial charge in [-0.2, -0.15) is 5.10 Å². The van der Waals surface area contributed by atoms with Crippen LogP contribution < -0.4 is 11.2 Å². The minimum atomic E-state index is -3.63. The fourth-order valence-electron chi connectivity index (χ4n) is 4.57. The predicted octanol–water partition coefficient (Wildman–Crippen LogP) is 3.22. The van der Waals surface area contributed by atoms with E-state index in [4.69, 9.17) is 21.1 Å². The number of halogens is 1. The molecule has 0 unspecified atom stereocenters. The maximum atomic E-state index is 13.4. The minimum Gasteiger partial charge on any atom is -0.443 e. The molecule has 1 aromatic carbocycles. The summed E-state index contributed by atoms with van der Waals surface area (Å²) in [5.41, 5.74) is 1.11. The topological polar surface area (TPSA) is 122 Å². The third kappa shape index (κ3) is 4.08. The van der Waals surface area contributed by atoms with Gasteiger partial charge in [-0.05, 0) is 60.7 Å². The summed E-state index contributed by atoms with van der Waals surface area (Å²) in [6, 6.07) is 10.0. The second-order valence-electron chi connectivity index (χ2n) is 9.43. The van der Waals surface area contributed by atoms with Crippen LogP contribution in [0.25, 0.3) is 33.4 Å². The number of rotatable bonds is 6. The molecule has 0 amide bonds. The largest absolute Gasteiger partial charge is 0.443 e. The van der Waals surface area contributed by atoms with Crippen molar-refractivity contribution < 1.29 is 12.8 Å². The first-order chi connectivity index (χ1) is 17.6. The van der Waals surface area contributed by atoms with E-state index in [1.54, 1.807) is 23.0 Å². The molecule has 1 aliphatic carbocycles. The Morgan fingerprint density at radius 2 is 1.92 bits per heavy atom. The Labute approximate surface area is 215 Å². The Kier molecular flexibility index (Phi) is 5.39. The zero-order valence-electron chi connectivity index (χ0n) is 20.0. The number of sulfone groups is 1. The van der Waals surface area contributed by atoms with Gasteiger partial charge in [0.1, 0.15) is 11.1 Å². The molecule has 0 radical (unpaired) electrons. The van der Waals surface area contributed by atoms with Crippen LogP contribution in [0.3, 0.4) is 0 Å². The molecular weight excluding hydrogens is 518 g/mol. The van der Waals surface area contributed by atoms with Crippen LogP contribution in [0.5, 0.6) is 0 Å². The number of aromatic nitrogens is 5. The van der Waals surface area contributed by atoms with Crippen LogP contribution in [-0.2, 0) is 30.0 Å². The molecule has 0 N–H and O–H groups in total. The van der Waals surface area contributed by atoms with Crippen LogP contribution in [0.2, 0.25) is 5.02 Å². The first-order valence-corrected chi connectivity index (χ1v) is 13.9. The molecule has 10 nitrogen and oxygen atoms in total. The van der Waals surface area contributed by atoms with E-state index in [1.165, 1.54) is 23.7 Å². The highest BCUT2D eigenvalue weighted by Crippen LogP contribution is 2.34. The van der Waals surface area contributed by atoms with Gasteiger partial charge >= 0.3 is 5.69 Å². The summed E-state index contributed by atoms with van der Waals surface area (Å²) in [5, 5.41) is 6.04. The lowest BCUT2D eigenvalue weighted by Crippen LogP contribution is -2.38. The lowest BCUT2D eigenvalue weighted by Gasteiger charge is -2.09. The second kappa shape index (κ2) is 8.42. The molecule has 4 aromatic heterocycles. The number of hydrogen-bond donors (Lipinski definition) is 0. The van der Waals surface area contributed by atoms with Crippen molar-refractivity contribution in [3.05, 3.63) is 74.0 Å². The molecule has 0 bridgehead atoms. The van der Waals surface area contributed by atoms with Crippen LogP contribution >= 0.6 is 11.6 Å². The third-order valence-corrected chi connectivity index (χ3v) is 7.84. The molecule has 0 aliphatic heterocycles. The fraction of sp³-hybridized carbons (Fsp3) is 0.280. The van der Waals surface area contributed by atoms with Crippen molar-refractivity contribution in [2.45, 2.75) is 31.0 Å². The van der Waals surface area contributed by atoms with Gasteiger partial charge in [-0.3, -0.25) is 23.6 Å². The lowest BCUT2D eigenvalue weighted by molar-refractivity contribution is 0.459. The van der Waals surface area contributed by atoms with Crippen molar-refractivity contribution in [3.8, 4) is 11.5 Å². The van der Waals surface area contributed by atoms with E-state index < -0.39 is 21.1 Å². The number of hydrogen-bond acceptors (Lipinski definition) is 7. The minimum absolute atomic E-state index is 0.160. The SMILES string of the molecule is Cn1c(=O)c2c(-c3ccc(S(C)(=O)=O)o3)n(Cc3ccnc4ccc(Cl)cc34)nc2n(CC2CC2)c1=O. The van der Waals surface area contributed by atoms with Gasteiger partial charge in [0.2, 0.25) is 14.9 Å². The van der Waals surface area contributed by atoms with E-state index in [0.29, 0.717) is 23.2 Å². The molecule has 1 saturated carbocycles. The highest BCUT2D eigenvalue weighted by atomic mass is 35.5. The molecule has 1 fully saturated rings. The quantitative estimate of drug-likeness (QED) is 0.324. The van der Waals surface area contributed by atoms with E-state index >= 15 is 0 Å². The monoisotopic (exact) mass is 539 g/mol. The maximum Gasteiger partial charge on any atom is 0.332 e. The van der Waals surface area contributed by atoms with Crippen LogP contribution in [-0.4, -0.2) is 38.6 Å². The van der Waals surface area contributed by atoms with Crippen molar-refractivity contribution in [2.24, 2.45) is 13.0 Å². The van der Waals surface area contributed by atoms with E-state index in [-0.39, 0.29) is 28.4 Å². The van der Waals surface area contributed by atoms with Crippen LogP contribution in [0, 0.1) is 5.92 Å². The van der Waals surface area contributed by atoms with Gasteiger partial charge in [0.15, 0.2) is 11.4 Å². The highest BCUT2D eigenvalue weighted by Gasteiger charge is 2.29. The molecule has 5 aromatic rings. The number of pyridine rings is 1. The van der Waals surface area contributed by atoms with Gasteiger partial charge in [0.25, 0.3) is 5.56 Å². The molecule has 0 saturated heterocycles. The molecule has 190 valence electrons. The van der Waals surface area contributed by atoms with E-state index in [9.17, 15) is 18.0 Å². The Morgan fingerprint density at radius 3 is 2.62 bits per heavy atom. The van der Waals surface area contributed by atoms with E-state index in [1.807, 2.05) is 12.1 Å². The number of benzene rings is 1. The van der Waals surface area contributed by atoms with Crippen molar-refractivity contribution in [1.82, 2.24) is 23.9 Å². The summed E-state index contributed by atoms with van der Waals surface area (Å²) in [6.45, 7) is 0.638. The Morgan fingerprint density at radius 1 is 1.14 bits per heavy atom. The van der Waals surface area contributed by atoms with Gasteiger partial charge in [0.05, 0.1) is 12.1 Å². The smallest absolute Gasteiger partial charge is 0.332 e. The Balaban J connectivity index is 1.65. The summed E-state index contributed by atoms with van der Waals surface area (Å²) in [6.07, 6.45) is 4.73. The van der Waals surface area contributed by atoms with Gasteiger partial charge < -0.3 is 4.42 Å². The standard InChI is InChI=1S/C25H22ClN5O5S/c1-29-24(32)21-22(19-7-8-20(36-19)37(2,34)35)31(28-23(21)30(25(29)33)12-14-3-4-14)13-15-9-10-27-18-6-5-16(26)11-17(15)18/h5-11,14H,3-4,12-13H2,1-2H3. The van der Waals surface area contributed by atoms with E-state index in [0.717, 1.165) is 40.1 Å². The summed E-state index contributed by atoms with van der Waals surface area (Å²) in [7, 11) is -2.20. The van der Waals surface area contributed by atoms with Gasteiger partial charge in [-0.25, -0.2) is 13.2 Å². The predicted molar refractivity (Wildman–Crippen MR) is 139 cm³/mol. The number of furan rings is 1. The molecule has 4 heterocycles. The third-order valence-electron chi connectivity index (χ3n) is 6.66. The lowest BCUT2D eigenvalue weighted by atomic mass is 10.1. The van der Waals surface area contributed by atoms with Crippen LogP contribution in [0.15, 0.2) is 61.7 Å². The average Bonchev–Trinajstić information content (AvgIpc) is 3.39. The molecular formula is C25H22ClN5O5S. The molecule has 37 heavy (non-hydrogen) atoms. The number of fused-ring (bicyclic) bond motifs is 2. The highest BCUT2D eigenvalue weighted by molar-refractivity contribution is 7.90. The average molecular weight is 540 g/mol. The Bertz CT molecular complexity index is 1950. The summed E-state index contributed by atoms with van der Waals surface area (Å²) in [5.74, 6) is 0.506. The molecule has 1 aliphatic rings. The molecule has 0 atom stereocenters. The zero-order chi connectivity index (χ0) is 26.1. The van der Waals surface area contributed by atoms with E-state index in [2.05, 4.69) is 4.98 Å². The fourth-order valence-corrected chi connectivity index (χ4v) is 5.30. The summed E-state index contributed by atoms with van der Waals surface area (Å²) >= 11 is 6.26. The summed E-state index contributed by atoms with van der Waals surface area (Å²) in [4.78, 5) is 30.9. The first kappa shape index (κ1) is 23.7. The molecule has 6 rings (SSSR count). The van der Waals surface area contributed by atoms with Crippen molar-refractivity contribution >= 4 is 43.4 Å². The molecule has 12 heteroatoms.